The van der Waals surface area contributed by atoms with Gasteiger partial charge in [-0.25, -0.2) is 5.43 Å². The first-order valence-electron chi connectivity index (χ1n) is 7.90. The number of rotatable bonds is 7. The Labute approximate surface area is 155 Å². The number of nitro groups is 1. The summed E-state index contributed by atoms with van der Waals surface area (Å²) in [4.78, 5) is 34.3. The van der Waals surface area contributed by atoms with Gasteiger partial charge in [0, 0.05) is 17.2 Å². The molecule has 2 aromatic carbocycles. The highest BCUT2D eigenvalue weighted by molar-refractivity contribution is 5.98. The molecule has 0 saturated heterocycles. The third-order valence-corrected chi connectivity index (χ3v) is 3.67. The number of carbonyl (C=O) groups excluding carboxylic acids is 2. The number of nitrogens with zero attached hydrogens (tertiary/aromatic N) is 2. The van der Waals surface area contributed by atoms with E-state index in [0.717, 1.165) is 5.56 Å². The molecule has 0 fully saturated rings. The predicted molar refractivity (Wildman–Crippen MR) is 98.9 cm³/mol. The molecule has 0 bridgehead atoms. The Morgan fingerprint density at radius 1 is 1.22 bits per heavy atom. The van der Waals surface area contributed by atoms with Gasteiger partial charge in [-0.1, -0.05) is 6.07 Å². The first-order chi connectivity index (χ1) is 12.9. The number of carbonyl (C=O) groups is 2. The molecule has 2 aromatic rings. The highest BCUT2D eigenvalue weighted by Crippen LogP contribution is 2.20. The summed E-state index contributed by atoms with van der Waals surface area (Å²) < 4.78 is 5.04. The molecule has 0 spiro atoms. The lowest BCUT2D eigenvalue weighted by molar-refractivity contribution is -0.385. The van der Waals surface area contributed by atoms with Crippen molar-refractivity contribution in [3.63, 3.8) is 0 Å². The molecule has 2 rings (SSSR count). The number of benzene rings is 2. The van der Waals surface area contributed by atoms with E-state index in [4.69, 9.17) is 4.74 Å². The topological polar surface area (TPSA) is 123 Å². The summed E-state index contributed by atoms with van der Waals surface area (Å²) in [5, 5.41) is 17.1. The third-order valence-electron chi connectivity index (χ3n) is 3.67. The molecule has 9 nitrogen and oxygen atoms in total. The summed E-state index contributed by atoms with van der Waals surface area (Å²) >= 11 is 0. The van der Waals surface area contributed by atoms with Gasteiger partial charge in [0.25, 0.3) is 17.5 Å². The molecule has 2 N–H and O–H groups in total. The van der Waals surface area contributed by atoms with Crippen molar-refractivity contribution in [1.29, 1.82) is 0 Å². The van der Waals surface area contributed by atoms with Crippen LogP contribution in [0.5, 0.6) is 5.75 Å². The van der Waals surface area contributed by atoms with Crippen LogP contribution in [-0.2, 0) is 4.79 Å². The van der Waals surface area contributed by atoms with E-state index < -0.39 is 16.7 Å². The van der Waals surface area contributed by atoms with Crippen molar-refractivity contribution in [1.82, 2.24) is 10.7 Å². The van der Waals surface area contributed by atoms with E-state index >= 15 is 0 Å². The summed E-state index contributed by atoms with van der Waals surface area (Å²) in [6.07, 6.45) is 1.45. The maximum atomic E-state index is 12.1. The molecular weight excluding hydrogens is 352 g/mol. The first-order valence-corrected chi connectivity index (χ1v) is 7.90. The minimum absolute atomic E-state index is 0.138. The molecule has 0 saturated carbocycles. The van der Waals surface area contributed by atoms with Gasteiger partial charge >= 0.3 is 0 Å². The van der Waals surface area contributed by atoms with Crippen LogP contribution < -0.4 is 15.5 Å². The minimum atomic E-state index is -0.578. The van der Waals surface area contributed by atoms with Gasteiger partial charge in [-0.05, 0) is 42.8 Å². The molecule has 140 valence electrons. The van der Waals surface area contributed by atoms with Crippen molar-refractivity contribution in [3.8, 4) is 5.75 Å². The second-order valence-corrected chi connectivity index (χ2v) is 5.46. The van der Waals surface area contributed by atoms with Crippen molar-refractivity contribution < 1.29 is 19.2 Å². The fourth-order valence-corrected chi connectivity index (χ4v) is 2.23. The lowest BCUT2D eigenvalue weighted by Crippen LogP contribution is -2.35. The lowest BCUT2D eigenvalue weighted by Gasteiger charge is -2.07. The number of hydrazone groups is 1. The summed E-state index contributed by atoms with van der Waals surface area (Å²) in [7, 11) is 1.56. The lowest BCUT2D eigenvalue weighted by atomic mass is 10.1. The maximum Gasteiger partial charge on any atom is 0.273 e. The molecule has 0 aliphatic heterocycles. The van der Waals surface area contributed by atoms with Gasteiger partial charge in [0.05, 0.1) is 24.8 Å². The largest absolute Gasteiger partial charge is 0.497 e. The smallest absolute Gasteiger partial charge is 0.273 e. The predicted octanol–water partition coefficient (Wildman–Crippen LogP) is 1.79. The Morgan fingerprint density at radius 2 is 1.93 bits per heavy atom. The van der Waals surface area contributed by atoms with Crippen LogP contribution in [0.25, 0.3) is 0 Å². The number of methoxy groups -OCH3 is 1. The van der Waals surface area contributed by atoms with Gasteiger partial charge in [0.1, 0.15) is 5.75 Å². The molecular formula is C18H18N4O5. The van der Waals surface area contributed by atoms with Crippen LogP contribution in [-0.4, -0.2) is 36.6 Å². The Morgan fingerprint density at radius 3 is 2.56 bits per heavy atom. The van der Waals surface area contributed by atoms with Crippen LogP contribution in [0.2, 0.25) is 0 Å². The van der Waals surface area contributed by atoms with E-state index in [2.05, 4.69) is 15.8 Å². The Hall–Kier alpha value is -3.75. The van der Waals surface area contributed by atoms with Crippen molar-refractivity contribution in [3.05, 3.63) is 69.3 Å². The van der Waals surface area contributed by atoms with Gasteiger partial charge in [-0.2, -0.15) is 5.10 Å². The van der Waals surface area contributed by atoms with Crippen LogP contribution in [0, 0.1) is 17.0 Å². The molecule has 9 heteroatoms. The van der Waals surface area contributed by atoms with Crippen LogP contribution in [0.1, 0.15) is 21.5 Å². The Bertz CT molecular complexity index is 878. The van der Waals surface area contributed by atoms with Crippen LogP contribution in [0.15, 0.2) is 47.6 Å². The summed E-state index contributed by atoms with van der Waals surface area (Å²) in [6, 6.07) is 11.2. The first kappa shape index (κ1) is 19.6. The van der Waals surface area contributed by atoms with Gasteiger partial charge in [0.2, 0.25) is 0 Å². The average Bonchev–Trinajstić information content (AvgIpc) is 2.66. The highest BCUT2D eigenvalue weighted by atomic mass is 16.6. The monoisotopic (exact) mass is 370 g/mol. The number of amides is 2. The maximum absolute atomic E-state index is 12.1. The Kier molecular flexibility index (Phi) is 6.59. The van der Waals surface area contributed by atoms with E-state index in [0.29, 0.717) is 5.75 Å². The van der Waals surface area contributed by atoms with Crippen molar-refractivity contribution in [2.75, 3.05) is 13.7 Å². The fourth-order valence-electron chi connectivity index (χ4n) is 2.23. The average molecular weight is 370 g/mol. The zero-order valence-corrected chi connectivity index (χ0v) is 14.8. The molecule has 0 atom stereocenters. The highest BCUT2D eigenvalue weighted by Gasteiger charge is 2.18. The second kappa shape index (κ2) is 9.09. The van der Waals surface area contributed by atoms with Crippen molar-refractivity contribution >= 4 is 23.7 Å². The zero-order valence-electron chi connectivity index (χ0n) is 14.8. The summed E-state index contributed by atoms with van der Waals surface area (Å²) in [6.45, 7) is 1.16. The third kappa shape index (κ3) is 5.36. The van der Waals surface area contributed by atoms with E-state index in [1.54, 1.807) is 31.4 Å². The number of ether oxygens (including phenoxy) is 1. The zero-order chi connectivity index (χ0) is 19.8. The molecule has 0 unspecified atom stereocenters. The number of hydrogen-bond donors (Lipinski definition) is 2. The normalized spacial score (nSPS) is 10.4. The van der Waals surface area contributed by atoms with E-state index in [9.17, 15) is 19.7 Å². The molecule has 0 radical (unpaired) electrons. The summed E-state index contributed by atoms with van der Waals surface area (Å²) in [5.74, 6) is -0.406. The van der Waals surface area contributed by atoms with Crippen molar-refractivity contribution in [2.24, 2.45) is 5.10 Å². The molecule has 0 aromatic heterocycles. The minimum Gasteiger partial charge on any atom is -0.497 e. The van der Waals surface area contributed by atoms with Gasteiger partial charge < -0.3 is 10.1 Å². The summed E-state index contributed by atoms with van der Waals surface area (Å²) in [5.41, 5.74) is 3.26. The van der Waals surface area contributed by atoms with Crippen molar-refractivity contribution in [2.45, 2.75) is 6.92 Å². The molecule has 0 aliphatic rings. The quantitative estimate of drug-likeness (QED) is 0.437. The Balaban J connectivity index is 1.88. The number of nitro benzene ring substituents is 1. The van der Waals surface area contributed by atoms with Gasteiger partial charge in [0.15, 0.2) is 0 Å². The van der Waals surface area contributed by atoms with Gasteiger partial charge in [-0.15, -0.1) is 0 Å². The van der Waals surface area contributed by atoms with Crippen LogP contribution in [0.4, 0.5) is 5.69 Å². The van der Waals surface area contributed by atoms with E-state index in [-0.39, 0.29) is 23.4 Å². The standard InChI is InChI=1S/C18H18N4O5/c1-12-15(4-3-5-16(12)22(25)26)18(24)19-11-17(23)21-20-10-13-6-8-14(27-2)9-7-13/h3-10H,11H2,1-2H3,(H,19,24)(H,21,23)/b20-10-. The molecule has 2 amide bonds. The number of hydrogen-bond acceptors (Lipinski definition) is 6. The SMILES string of the molecule is COc1ccc(/C=N\NC(=O)CNC(=O)c2cccc([N+](=O)[O-])c2C)cc1. The molecule has 0 heterocycles. The second-order valence-electron chi connectivity index (χ2n) is 5.46. The van der Waals surface area contributed by atoms with Crippen LogP contribution >= 0.6 is 0 Å². The fraction of sp³-hybridized carbons (Fsp3) is 0.167. The molecule has 0 aliphatic carbocycles. The van der Waals surface area contributed by atoms with Crippen LogP contribution in [0.3, 0.4) is 0 Å². The van der Waals surface area contributed by atoms with Gasteiger partial charge in [-0.3, -0.25) is 19.7 Å². The van der Waals surface area contributed by atoms with E-state index in [1.165, 1.54) is 31.3 Å². The number of nitrogens with one attached hydrogen (secondary N) is 2. The van der Waals surface area contributed by atoms with E-state index in [1.807, 2.05) is 0 Å². The molecule has 27 heavy (non-hydrogen) atoms.